The summed E-state index contributed by atoms with van der Waals surface area (Å²) in [5.74, 6) is -3.20. The number of amides is 4. The molecule has 4 fully saturated rings. The molecule has 0 spiro atoms. The number of carboxylic acids is 1. The van der Waals surface area contributed by atoms with Crippen molar-refractivity contribution in [3.63, 3.8) is 0 Å². The predicted octanol–water partition coefficient (Wildman–Crippen LogP) is -5.19. The zero-order valence-electron chi connectivity index (χ0n) is 36.5. The summed E-state index contributed by atoms with van der Waals surface area (Å²) in [6, 6.07) is -2.75. The van der Waals surface area contributed by atoms with Crippen molar-refractivity contribution in [1.82, 2.24) is 21.3 Å². The topological polar surface area (TPSA) is 369 Å². The molecule has 4 saturated heterocycles. The van der Waals surface area contributed by atoms with Crippen molar-refractivity contribution >= 4 is 51.2 Å². The molecule has 0 aromatic rings. The molecular formula is C38H64N4O21S2. The molecule has 4 aliphatic heterocycles. The molecule has 8 unspecified atom stereocenters. The first-order valence-electron chi connectivity index (χ1n) is 21.1. The highest BCUT2D eigenvalue weighted by molar-refractivity contribution is 8.76. The molecule has 4 amide bonds. The van der Waals surface area contributed by atoms with Crippen molar-refractivity contribution in [2.75, 3.05) is 45.4 Å². The Balaban J connectivity index is 1.64. The van der Waals surface area contributed by atoms with Gasteiger partial charge in [-0.05, 0) is 26.0 Å². The highest BCUT2D eigenvalue weighted by Crippen LogP contribution is 2.35. The fourth-order valence-corrected chi connectivity index (χ4v) is 9.01. The maximum absolute atomic E-state index is 14.1. The number of carbonyl (C=O) groups is 5. The molecule has 0 aliphatic carbocycles. The Morgan fingerprint density at radius 2 is 1.25 bits per heavy atom. The van der Waals surface area contributed by atoms with Gasteiger partial charge in [0, 0.05) is 52.6 Å². The van der Waals surface area contributed by atoms with E-state index < -0.39 is 153 Å². The number of unbranched alkanes of at least 4 members (excludes halogenated alkanes) is 1. The maximum atomic E-state index is 14.1. The fraction of sp³-hybridized carbons (Fsp3) is 0.868. The van der Waals surface area contributed by atoms with Gasteiger partial charge in [0.05, 0.1) is 31.5 Å². The summed E-state index contributed by atoms with van der Waals surface area (Å²) in [5, 5.41) is 97.3. The van der Waals surface area contributed by atoms with Gasteiger partial charge in [0.25, 0.3) is 5.91 Å². The number of hydrogen-bond donors (Lipinski definition) is 12. The molecule has 374 valence electrons. The van der Waals surface area contributed by atoms with Crippen molar-refractivity contribution in [3.05, 3.63) is 0 Å². The van der Waals surface area contributed by atoms with E-state index in [1.54, 1.807) is 21.6 Å². The van der Waals surface area contributed by atoms with Crippen LogP contribution in [0, 0.1) is 0 Å². The van der Waals surface area contributed by atoms with E-state index in [1.165, 1.54) is 21.0 Å². The normalized spacial score (nSPS) is 38.6. The first-order valence-corrected chi connectivity index (χ1v) is 23.8. The zero-order chi connectivity index (χ0) is 48.1. The molecule has 25 nitrogen and oxygen atoms in total. The van der Waals surface area contributed by atoms with Gasteiger partial charge in [-0.25, -0.2) is 4.79 Å². The van der Waals surface area contributed by atoms with E-state index >= 15 is 0 Å². The van der Waals surface area contributed by atoms with Crippen molar-refractivity contribution in [1.29, 1.82) is 0 Å². The minimum Gasteiger partial charge on any atom is -0.479 e. The van der Waals surface area contributed by atoms with E-state index in [1.807, 2.05) is 6.26 Å². The van der Waals surface area contributed by atoms with Gasteiger partial charge >= 0.3 is 5.97 Å². The molecule has 12 N–H and O–H groups in total. The third kappa shape index (κ3) is 14.7. The molecule has 4 heterocycles. The van der Waals surface area contributed by atoms with Crippen LogP contribution >= 0.6 is 21.6 Å². The first kappa shape index (κ1) is 55.0. The van der Waals surface area contributed by atoms with E-state index in [0.29, 0.717) is 31.6 Å². The molecule has 0 saturated carbocycles. The SMILES string of the molecule is CO[C@H]1CC(C(=O)O)O[C@@H](O[C@@H]2C(NC(C)=O)[C@H](O[C@@H]3C(C(=O)NCCCCNC(=O)CCSSC)O[C@@H](O[C@@H]4C(NC(C)=O)[C@H](C)OC(CO)[C@H]4O)C(O)[C@H]3O)OC(CO)[C@H]2O)C1O. The maximum Gasteiger partial charge on any atom is 0.333 e. The van der Waals surface area contributed by atoms with Crippen LogP contribution in [-0.2, 0) is 61.9 Å². The van der Waals surface area contributed by atoms with Gasteiger partial charge in [-0.15, -0.1) is 0 Å². The number of rotatable bonds is 22. The molecule has 0 bridgehead atoms. The molecule has 65 heavy (non-hydrogen) atoms. The van der Waals surface area contributed by atoms with Crippen LogP contribution in [0.3, 0.4) is 0 Å². The Morgan fingerprint density at radius 1 is 0.692 bits per heavy atom. The Hall–Kier alpha value is -2.55. The molecule has 4 aliphatic rings. The van der Waals surface area contributed by atoms with E-state index in [4.69, 9.17) is 37.9 Å². The van der Waals surface area contributed by atoms with E-state index in [2.05, 4.69) is 21.3 Å². The summed E-state index contributed by atoms with van der Waals surface area (Å²) >= 11 is 0. The lowest BCUT2D eigenvalue weighted by Crippen LogP contribution is -2.70. The van der Waals surface area contributed by atoms with E-state index in [-0.39, 0.29) is 18.9 Å². The number of aliphatic carboxylic acids is 1. The van der Waals surface area contributed by atoms with Crippen LogP contribution in [0.25, 0.3) is 0 Å². The van der Waals surface area contributed by atoms with E-state index in [9.17, 15) is 64.8 Å². The standard InChI is InChI=1S/C38H64N4O21S2/c1-15-23(41-16(2)45)30(25(48)20(13-43)57-15)60-38-29(52)28(51)32(33(63-38)34(53)40-10-7-6-9-39-22(47)8-11-65-64-5)62-36-24(42-17(3)46)31(26(49)21(14-44)59-36)61-37-27(50)18(56-4)12-19(58-37)35(54)55/h15,18-21,23-33,36-38,43-44,48-52H,6-14H2,1-5H3,(H,39,47)(H,40,53)(H,41,45)(H,42,46)(H,54,55)/t15-,18-,19?,20?,21?,23?,24?,25+,26+,27?,28+,29?,30+,31+,32-,33?,36-,37-,38+/m0/s1. The van der Waals surface area contributed by atoms with Gasteiger partial charge in [-0.1, -0.05) is 21.6 Å². The second-order valence-corrected chi connectivity index (χ2v) is 18.5. The van der Waals surface area contributed by atoms with Gasteiger partial charge in [0.2, 0.25) is 17.7 Å². The second kappa shape index (κ2) is 26.3. The van der Waals surface area contributed by atoms with E-state index in [0.717, 1.165) is 6.92 Å². The molecule has 0 radical (unpaired) electrons. The van der Waals surface area contributed by atoms with Gasteiger partial charge in [0.1, 0.15) is 67.1 Å². The van der Waals surface area contributed by atoms with Crippen molar-refractivity contribution in [2.24, 2.45) is 0 Å². The van der Waals surface area contributed by atoms with Crippen LogP contribution in [0.2, 0.25) is 0 Å². The van der Waals surface area contributed by atoms with Crippen LogP contribution in [0.1, 0.15) is 46.5 Å². The first-order chi connectivity index (χ1) is 30.9. The molecular weight excluding hydrogens is 913 g/mol. The largest absolute Gasteiger partial charge is 0.479 e. The summed E-state index contributed by atoms with van der Waals surface area (Å²) in [7, 11) is 4.30. The number of ether oxygens (including phenoxy) is 8. The number of aliphatic hydroxyl groups excluding tert-OH is 7. The number of aliphatic hydroxyl groups is 7. The zero-order valence-corrected chi connectivity index (χ0v) is 38.2. The Labute approximate surface area is 382 Å². The summed E-state index contributed by atoms with van der Waals surface area (Å²) in [6.07, 6.45) is -25.7. The Kier molecular flexibility index (Phi) is 22.3. The van der Waals surface area contributed by atoms with Crippen LogP contribution in [0.4, 0.5) is 0 Å². The molecule has 0 aromatic carbocycles. The van der Waals surface area contributed by atoms with Crippen molar-refractivity contribution in [3.8, 4) is 0 Å². The average Bonchev–Trinajstić information content (AvgIpc) is 3.26. The van der Waals surface area contributed by atoms with Crippen molar-refractivity contribution < 1.29 is 103 Å². The lowest BCUT2D eigenvalue weighted by atomic mass is 9.92. The van der Waals surface area contributed by atoms with Crippen LogP contribution < -0.4 is 21.3 Å². The molecule has 19 atom stereocenters. The summed E-state index contributed by atoms with van der Waals surface area (Å²) in [4.78, 5) is 63.0. The minimum atomic E-state index is -2.13. The lowest BCUT2D eigenvalue weighted by Gasteiger charge is -2.50. The molecule has 4 rings (SSSR count). The summed E-state index contributed by atoms with van der Waals surface area (Å²) in [6.45, 7) is 2.50. The average molecular weight is 977 g/mol. The summed E-state index contributed by atoms with van der Waals surface area (Å²) < 4.78 is 46.4. The van der Waals surface area contributed by atoms with Gasteiger partial charge in [-0.2, -0.15) is 0 Å². The highest BCUT2D eigenvalue weighted by Gasteiger charge is 2.56. The van der Waals surface area contributed by atoms with Crippen LogP contribution in [-0.4, -0.2) is 232 Å². The van der Waals surface area contributed by atoms with Gasteiger partial charge in [0.15, 0.2) is 31.1 Å². The molecule has 27 heteroatoms. The fourth-order valence-electron chi connectivity index (χ4n) is 7.82. The van der Waals surface area contributed by atoms with Gasteiger partial charge in [-0.3, -0.25) is 19.2 Å². The Bertz CT molecular complexity index is 1560. The summed E-state index contributed by atoms with van der Waals surface area (Å²) in [5.41, 5.74) is 0. The van der Waals surface area contributed by atoms with Gasteiger partial charge < -0.3 is 100 Å². The number of nitrogens with one attached hydrogen (secondary N) is 4. The highest BCUT2D eigenvalue weighted by atomic mass is 33.1. The monoisotopic (exact) mass is 976 g/mol. The Morgan fingerprint density at radius 3 is 1.82 bits per heavy atom. The quantitative estimate of drug-likeness (QED) is 0.0356. The second-order valence-electron chi connectivity index (χ2n) is 15.8. The lowest BCUT2D eigenvalue weighted by molar-refractivity contribution is -0.362. The number of methoxy groups -OCH3 is 1. The van der Waals surface area contributed by atoms with Crippen molar-refractivity contribution in [2.45, 2.75) is 163 Å². The third-order valence-electron chi connectivity index (χ3n) is 11.2. The van der Waals surface area contributed by atoms with Crippen LogP contribution in [0.5, 0.6) is 0 Å². The third-order valence-corrected chi connectivity index (χ3v) is 13.0. The molecule has 0 aromatic heterocycles. The number of hydrogen-bond acceptors (Lipinski definition) is 22. The number of carbonyl (C=O) groups excluding carboxylic acids is 4. The predicted molar refractivity (Wildman–Crippen MR) is 223 cm³/mol. The number of carboxylic acid groups (broad SMARTS) is 1. The van der Waals surface area contributed by atoms with Crippen LogP contribution in [0.15, 0.2) is 0 Å². The smallest absolute Gasteiger partial charge is 0.333 e. The minimum absolute atomic E-state index is 0.000575.